The molecule has 1 aromatic rings. The molecule has 0 bridgehead atoms. The van der Waals surface area contributed by atoms with E-state index in [4.69, 9.17) is 10.8 Å². The predicted octanol–water partition coefficient (Wildman–Crippen LogP) is -0.254. The molecule has 0 spiro atoms. The van der Waals surface area contributed by atoms with Crippen molar-refractivity contribution in [1.29, 1.82) is 0 Å². The van der Waals surface area contributed by atoms with Gasteiger partial charge in [-0.15, -0.1) is 0 Å². The summed E-state index contributed by atoms with van der Waals surface area (Å²) in [6.45, 7) is 0.588. The molecule has 11 heavy (non-hydrogen) atoms. The maximum absolute atomic E-state index is 8.59. The first kappa shape index (κ1) is 8.10. The number of hydrogen-bond donors (Lipinski definition) is 4. The molecule has 4 nitrogen and oxygen atoms in total. The Morgan fingerprint density at radius 2 is 2.55 bits per heavy atom. The Labute approximate surface area is 65.4 Å². The van der Waals surface area contributed by atoms with Gasteiger partial charge in [-0.3, -0.25) is 0 Å². The van der Waals surface area contributed by atoms with Crippen LogP contribution in [0.3, 0.4) is 0 Å². The van der Waals surface area contributed by atoms with Crippen LogP contribution in [0.15, 0.2) is 18.3 Å². The number of nitrogens with two attached hydrogens (primary N) is 1. The highest BCUT2D eigenvalue weighted by molar-refractivity contribution is 5.34. The van der Waals surface area contributed by atoms with Gasteiger partial charge < -0.3 is 21.1 Å². The van der Waals surface area contributed by atoms with Crippen LogP contribution in [0.25, 0.3) is 0 Å². The number of aromatic nitrogens is 1. The van der Waals surface area contributed by atoms with E-state index in [9.17, 15) is 0 Å². The number of nitrogens with one attached hydrogen (secondary N) is 2. The fraction of sp³-hybridized carbons (Fsp3) is 0.429. The van der Waals surface area contributed by atoms with Gasteiger partial charge in [-0.1, -0.05) is 0 Å². The van der Waals surface area contributed by atoms with Crippen molar-refractivity contribution in [3.63, 3.8) is 0 Å². The fourth-order valence-electron chi connectivity index (χ4n) is 0.746. The highest BCUT2D eigenvalue weighted by Crippen LogP contribution is 1.99. The Morgan fingerprint density at radius 1 is 1.73 bits per heavy atom. The van der Waals surface area contributed by atoms with E-state index in [2.05, 4.69) is 10.3 Å². The maximum Gasteiger partial charge on any atom is 0.103 e. The van der Waals surface area contributed by atoms with Crippen LogP contribution >= 0.6 is 0 Å². The highest BCUT2D eigenvalue weighted by Gasteiger charge is 1.98. The molecule has 5 N–H and O–H groups in total. The summed E-state index contributed by atoms with van der Waals surface area (Å²) in [6, 6.07) is 3.61. The molecular weight excluding hydrogens is 142 g/mol. The molecule has 0 aliphatic rings. The zero-order valence-corrected chi connectivity index (χ0v) is 6.25. The molecule has 1 aromatic heterocycles. The summed E-state index contributed by atoms with van der Waals surface area (Å²) in [7, 11) is 0. The molecule has 0 saturated carbocycles. The third-order valence-corrected chi connectivity index (χ3v) is 1.39. The third-order valence-electron chi connectivity index (χ3n) is 1.39. The minimum absolute atomic E-state index is 0.00765. The van der Waals surface area contributed by atoms with E-state index in [1.165, 1.54) is 0 Å². The molecule has 0 aromatic carbocycles. The minimum Gasteiger partial charge on any atom is -0.395 e. The first-order chi connectivity index (χ1) is 5.33. The number of rotatable bonds is 4. The average Bonchev–Trinajstić information content (AvgIpc) is 2.52. The van der Waals surface area contributed by atoms with E-state index in [1.807, 2.05) is 18.3 Å². The van der Waals surface area contributed by atoms with Crippen LogP contribution in [0, 0.1) is 0 Å². The Balaban J connectivity index is 2.23. The minimum atomic E-state index is -0.196. The SMILES string of the molecule is NC(CO)CNc1ccc[nH]1. The second-order valence-corrected chi connectivity index (χ2v) is 2.41. The Bertz CT molecular complexity index is 186. The Morgan fingerprint density at radius 3 is 3.09 bits per heavy atom. The van der Waals surface area contributed by atoms with Gasteiger partial charge in [-0.2, -0.15) is 0 Å². The van der Waals surface area contributed by atoms with Crippen LogP contribution in [0.2, 0.25) is 0 Å². The molecule has 4 heteroatoms. The molecule has 62 valence electrons. The second-order valence-electron chi connectivity index (χ2n) is 2.41. The zero-order chi connectivity index (χ0) is 8.10. The molecule has 0 saturated heterocycles. The van der Waals surface area contributed by atoms with Gasteiger partial charge in [-0.05, 0) is 12.1 Å². The van der Waals surface area contributed by atoms with Crippen LogP contribution < -0.4 is 11.1 Å². The lowest BCUT2D eigenvalue weighted by molar-refractivity contribution is 0.270. The normalized spacial score (nSPS) is 12.9. The van der Waals surface area contributed by atoms with Gasteiger partial charge in [0, 0.05) is 18.8 Å². The lowest BCUT2D eigenvalue weighted by Crippen LogP contribution is -2.32. The third kappa shape index (κ3) is 2.61. The number of hydrogen-bond acceptors (Lipinski definition) is 3. The number of aromatic amines is 1. The van der Waals surface area contributed by atoms with Gasteiger partial charge in [0.1, 0.15) is 5.82 Å². The van der Waals surface area contributed by atoms with Gasteiger partial charge in [0.15, 0.2) is 0 Å². The molecule has 0 aliphatic heterocycles. The summed E-state index contributed by atoms with van der Waals surface area (Å²) in [4.78, 5) is 2.97. The standard InChI is InChI=1S/C7H13N3O/c8-6(5-11)4-10-7-2-1-3-9-7/h1-3,6,9-11H,4-5,8H2. The largest absolute Gasteiger partial charge is 0.395 e. The summed E-state index contributed by atoms with van der Waals surface area (Å²) in [5, 5.41) is 11.6. The lowest BCUT2D eigenvalue weighted by Gasteiger charge is -2.08. The highest BCUT2D eigenvalue weighted by atomic mass is 16.3. The van der Waals surface area contributed by atoms with E-state index in [1.54, 1.807) is 0 Å². The molecule has 0 aliphatic carbocycles. The van der Waals surface area contributed by atoms with Crippen molar-refractivity contribution in [2.45, 2.75) is 6.04 Å². The van der Waals surface area contributed by atoms with Crippen molar-refractivity contribution in [1.82, 2.24) is 4.98 Å². The summed E-state index contributed by atoms with van der Waals surface area (Å²) >= 11 is 0. The van der Waals surface area contributed by atoms with Gasteiger partial charge in [-0.25, -0.2) is 0 Å². The van der Waals surface area contributed by atoms with E-state index in [0.717, 1.165) is 5.82 Å². The molecule has 0 radical (unpaired) electrons. The van der Waals surface area contributed by atoms with Crippen molar-refractivity contribution >= 4 is 5.82 Å². The van der Waals surface area contributed by atoms with Gasteiger partial charge in [0.2, 0.25) is 0 Å². The molecule has 0 amide bonds. The number of aliphatic hydroxyl groups is 1. The van der Waals surface area contributed by atoms with Crippen LogP contribution in [-0.2, 0) is 0 Å². The van der Waals surface area contributed by atoms with E-state index in [0.29, 0.717) is 6.54 Å². The summed E-state index contributed by atoms with van der Waals surface area (Å²) in [5.41, 5.74) is 5.46. The summed E-state index contributed by atoms with van der Waals surface area (Å²) in [5.74, 6) is 0.925. The number of aliphatic hydroxyl groups excluding tert-OH is 1. The zero-order valence-electron chi connectivity index (χ0n) is 6.25. The van der Waals surface area contributed by atoms with Crippen molar-refractivity contribution < 1.29 is 5.11 Å². The average molecular weight is 155 g/mol. The van der Waals surface area contributed by atoms with Crippen LogP contribution in [0.4, 0.5) is 5.82 Å². The summed E-state index contributed by atoms with van der Waals surface area (Å²) < 4.78 is 0. The summed E-state index contributed by atoms with van der Waals surface area (Å²) in [6.07, 6.45) is 1.83. The Kier molecular flexibility index (Phi) is 2.95. The topological polar surface area (TPSA) is 74.1 Å². The van der Waals surface area contributed by atoms with Crippen molar-refractivity contribution in [2.75, 3.05) is 18.5 Å². The van der Waals surface area contributed by atoms with Crippen LogP contribution in [-0.4, -0.2) is 29.3 Å². The van der Waals surface area contributed by atoms with E-state index < -0.39 is 0 Å². The van der Waals surface area contributed by atoms with Crippen molar-refractivity contribution in [3.8, 4) is 0 Å². The van der Waals surface area contributed by atoms with E-state index in [-0.39, 0.29) is 12.6 Å². The maximum atomic E-state index is 8.59. The first-order valence-electron chi connectivity index (χ1n) is 3.56. The fourth-order valence-corrected chi connectivity index (χ4v) is 0.746. The van der Waals surface area contributed by atoms with Gasteiger partial charge >= 0.3 is 0 Å². The number of H-pyrrole nitrogens is 1. The quantitative estimate of drug-likeness (QED) is 0.484. The number of anilines is 1. The second kappa shape index (κ2) is 4.00. The van der Waals surface area contributed by atoms with E-state index >= 15 is 0 Å². The van der Waals surface area contributed by atoms with Crippen LogP contribution in [0.5, 0.6) is 0 Å². The lowest BCUT2D eigenvalue weighted by atomic mass is 10.3. The smallest absolute Gasteiger partial charge is 0.103 e. The van der Waals surface area contributed by atoms with Crippen molar-refractivity contribution in [3.05, 3.63) is 18.3 Å². The molecule has 1 rings (SSSR count). The van der Waals surface area contributed by atoms with Crippen LogP contribution in [0.1, 0.15) is 0 Å². The van der Waals surface area contributed by atoms with Gasteiger partial charge in [0.05, 0.1) is 6.61 Å². The molecule has 0 fully saturated rings. The molecule has 1 unspecified atom stereocenters. The molecule has 1 heterocycles. The monoisotopic (exact) mass is 155 g/mol. The predicted molar refractivity (Wildman–Crippen MR) is 44.3 cm³/mol. The van der Waals surface area contributed by atoms with Gasteiger partial charge in [0.25, 0.3) is 0 Å². The molecular formula is C7H13N3O. The molecule has 1 atom stereocenters. The van der Waals surface area contributed by atoms with Crippen molar-refractivity contribution in [2.24, 2.45) is 5.73 Å². The Hall–Kier alpha value is -1.00. The first-order valence-corrected chi connectivity index (χ1v) is 3.56.